The summed E-state index contributed by atoms with van der Waals surface area (Å²) in [6.45, 7) is 5.48. The molecule has 1 N–H and O–H groups in total. The van der Waals surface area contributed by atoms with Gasteiger partial charge in [0.05, 0.1) is 7.11 Å². The van der Waals surface area contributed by atoms with Gasteiger partial charge in [0.15, 0.2) is 0 Å². The molecule has 4 heteroatoms. The van der Waals surface area contributed by atoms with Crippen molar-refractivity contribution in [3.63, 3.8) is 0 Å². The number of benzene rings is 1. The van der Waals surface area contributed by atoms with Crippen LogP contribution in [0.25, 0.3) is 10.9 Å². The number of nitrogens with zero attached hydrogens (tertiary/aromatic N) is 2. The maximum absolute atomic E-state index is 5.47. The molecular formula is C21H25N3O. The average molecular weight is 335 g/mol. The summed E-state index contributed by atoms with van der Waals surface area (Å²) in [5, 5.41) is 4.99. The minimum atomic E-state index is 0.351. The Kier molecular flexibility index (Phi) is 4.22. The molecule has 1 aromatic carbocycles. The summed E-state index contributed by atoms with van der Waals surface area (Å²) in [6.07, 6.45) is 3.87. The molecule has 25 heavy (non-hydrogen) atoms. The summed E-state index contributed by atoms with van der Waals surface area (Å²) >= 11 is 0. The molecule has 3 heterocycles. The molecule has 4 rings (SSSR count). The zero-order chi connectivity index (χ0) is 17.4. The van der Waals surface area contributed by atoms with Crippen molar-refractivity contribution in [2.45, 2.75) is 45.3 Å². The third-order valence-corrected chi connectivity index (χ3v) is 5.21. The molecule has 2 unspecified atom stereocenters. The lowest BCUT2D eigenvalue weighted by Gasteiger charge is -2.28. The van der Waals surface area contributed by atoms with E-state index in [1.54, 1.807) is 7.11 Å². The van der Waals surface area contributed by atoms with Gasteiger partial charge in [-0.2, -0.15) is 0 Å². The highest BCUT2D eigenvalue weighted by Crippen LogP contribution is 2.37. The number of methoxy groups -OCH3 is 1. The van der Waals surface area contributed by atoms with Crippen LogP contribution in [0.5, 0.6) is 5.75 Å². The van der Waals surface area contributed by atoms with Crippen LogP contribution in [0.4, 0.5) is 0 Å². The quantitative estimate of drug-likeness (QED) is 0.786. The summed E-state index contributed by atoms with van der Waals surface area (Å²) in [5.74, 6) is 0.919. The summed E-state index contributed by atoms with van der Waals surface area (Å²) in [7, 11) is 1.73. The molecule has 2 atom stereocenters. The molecule has 0 radical (unpaired) electrons. The number of fused-ring (bicyclic) bond motifs is 3. The third kappa shape index (κ3) is 2.91. The Balaban J connectivity index is 1.80. The standard InChI is InChI=1S/C21H25N3O/c1-14-12-20-21(15(2)23-14)18-13-17(25-3)7-8-19(18)24(20)11-9-16-6-4-5-10-22-16/h4-8,10,13-15,23H,9,11-12H2,1-3H3. The van der Waals surface area contributed by atoms with Gasteiger partial charge in [-0.15, -0.1) is 0 Å². The normalized spacial score (nSPS) is 19.8. The molecule has 3 aromatic rings. The van der Waals surface area contributed by atoms with Crippen molar-refractivity contribution in [3.05, 3.63) is 59.5 Å². The number of aryl methyl sites for hydroxylation is 2. The highest BCUT2D eigenvalue weighted by Gasteiger charge is 2.27. The maximum atomic E-state index is 5.47. The minimum absolute atomic E-state index is 0.351. The lowest BCUT2D eigenvalue weighted by atomic mass is 9.95. The topological polar surface area (TPSA) is 39.1 Å². The highest BCUT2D eigenvalue weighted by atomic mass is 16.5. The summed E-state index contributed by atoms with van der Waals surface area (Å²) in [5.41, 5.74) is 5.32. The van der Waals surface area contributed by atoms with Crippen LogP contribution >= 0.6 is 0 Å². The monoisotopic (exact) mass is 335 g/mol. The Morgan fingerprint density at radius 3 is 2.88 bits per heavy atom. The van der Waals surface area contributed by atoms with Crippen molar-refractivity contribution < 1.29 is 4.74 Å². The van der Waals surface area contributed by atoms with Crippen molar-refractivity contribution in [1.82, 2.24) is 14.9 Å². The van der Waals surface area contributed by atoms with Crippen molar-refractivity contribution in [3.8, 4) is 5.75 Å². The van der Waals surface area contributed by atoms with E-state index in [9.17, 15) is 0 Å². The summed E-state index contributed by atoms with van der Waals surface area (Å²) in [6, 6.07) is 13.4. The van der Waals surface area contributed by atoms with E-state index in [1.165, 1.54) is 22.2 Å². The first kappa shape index (κ1) is 16.2. The van der Waals surface area contributed by atoms with Crippen LogP contribution < -0.4 is 10.1 Å². The SMILES string of the molecule is COc1ccc2c(c1)c1c(n2CCc2ccccn2)CC(C)NC1C. The molecule has 0 saturated carbocycles. The number of aromatic nitrogens is 2. The van der Waals surface area contributed by atoms with Gasteiger partial charge >= 0.3 is 0 Å². The van der Waals surface area contributed by atoms with Gasteiger partial charge in [-0.25, -0.2) is 0 Å². The zero-order valence-corrected chi connectivity index (χ0v) is 15.1. The fraction of sp³-hybridized carbons (Fsp3) is 0.381. The zero-order valence-electron chi connectivity index (χ0n) is 15.1. The van der Waals surface area contributed by atoms with Gasteiger partial charge in [0, 0.05) is 60.0 Å². The van der Waals surface area contributed by atoms with E-state index in [0.29, 0.717) is 12.1 Å². The first-order valence-electron chi connectivity index (χ1n) is 9.02. The van der Waals surface area contributed by atoms with Crippen LogP contribution in [0, 0.1) is 0 Å². The lowest BCUT2D eigenvalue weighted by Crippen LogP contribution is -2.36. The number of rotatable bonds is 4. The van der Waals surface area contributed by atoms with Crippen molar-refractivity contribution in [2.75, 3.05) is 7.11 Å². The number of nitrogens with one attached hydrogen (secondary N) is 1. The smallest absolute Gasteiger partial charge is 0.119 e. The van der Waals surface area contributed by atoms with Crippen molar-refractivity contribution in [1.29, 1.82) is 0 Å². The molecule has 0 saturated heterocycles. The van der Waals surface area contributed by atoms with Gasteiger partial charge in [0.2, 0.25) is 0 Å². The van der Waals surface area contributed by atoms with E-state index < -0.39 is 0 Å². The largest absolute Gasteiger partial charge is 0.497 e. The predicted molar refractivity (Wildman–Crippen MR) is 101 cm³/mol. The fourth-order valence-electron chi connectivity index (χ4n) is 4.13. The van der Waals surface area contributed by atoms with Gasteiger partial charge in [0.1, 0.15) is 5.75 Å². The number of hydrogen-bond donors (Lipinski definition) is 1. The first-order chi connectivity index (χ1) is 12.2. The maximum Gasteiger partial charge on any atom is 0.119 e. The Hall–Kier alpha value is -2.33. The molecule has 4 nitrogen and oxygen atoms in total. The number of hydrogen-bond acceptors (Lipinski definition) is 3. The van der Waals surface area contributed by atoms with Crippen LogP contribution in [0.2, 0.25) is 0 Å². The number of pyridine rings is 1. The molecule has 0 amide bonds. The molecule has 130 valence electrons. The molecule has 1 aliphatic heterocycles. The Morgan fingerprint density at radius 2 is 2.12 bits per heavy atom. The van der Waals surface area contributed by atoms with E-state index in [-0.39, 0.29) is 0 Å². The van der Waals surface area contributed by atoms with Crippen LogP contribution in [-0.2, 0) is 19.4 Å². The summed E-state index contributed by atoms with van der Waals surface area (Å²) in [4.78, 5) is 4.48. The summed E-state index contributed by atoms with van der Waals surface area (Å²) < 4.78 is 7.96. The van der Waals surface area contributed by atoms with Crippen LogP contribution in [0.15, 0.2) is 42.6 Å². The number of ether oxygens (including phenoxy) is 1. The Labute approximate surface area is 148 Å². The van der Waals surface area contributed by atoms with Gasteiger partial charge in [-0.1, -0.05) is 6.07 Å². The fourth-order valence-corrected chi connectivity index (χ4v) is 4.13. The van der Waals surface area contributed by atoms with E-state index in [2.05, 4.69) is 59.0 Å². The highest BCUT2D eigenvalue weighted by molar-refractivity contribution is 5.87. The van der Waals surface area contributed by atoms with Gasteiger partial charge in [0.25, 0.3) is 0 Å². The molecule has 1 aliphatic rings. The molecule has 0 aliphatic carbocycles. The van der Waals surface area contributed by atoms with E-state index in [0.717, 1.165) is 30.8 Å². The lowest BCUT2D eigenvalue weighted by molar-refractivity contribution is 0.415. The average Bonchev–Trinajstić information content (AvgIpc) is 2.93. The van der Waals surface area contributed by atoms with E-state index >= 15 is 0 Å². The van der Waals surface area contributed by atoms with E-state index in [4.69, 9.17) is 4.74 Å². The van der Waals surface area contributed by atoms with Crippen LogP contribution in [0.1, 0.15) is 36.8 Å². The molecule has 0 spiro atoms. The van der Waals surface area contributed by atoms with Crippen LogP contribution in [0.3, 0.4) is 0 Å². The molecular weight excluding hydrogens is 310 g/mol. The third-order valence-electron chi connectivity index (χ3n) is 5.21. The van der Waals surface area contributed by atoms with Crippen molar-refractivity contribution in [2.24, 2.45) is 0 Å². The van der Waals surface area contributed by atoms with Gasteiger partial charge in [-0.05, 0) is 49.7 Å². The van der Waals surface area contributed by atoms with Crippen LogP contribution in [-0.4, -0.2) is 22.7 Å². The second-order valence-corrected chi connectivity index (χ2v) is 6.96. The Morgan fingerprint density at radius 1 is 1.24 bits per heavy atom. The second-order valence-electron chi connectivity index (χ2n) is 6.96. The Bertz CT molecular complexity index is 885. The predicted octanol–water partition coefficient (Wildman–Crippen LogP) is 3.88. The second kappa shape index (κ2) is 6.52. The first-order valence-corrected chi connectivity index (χ1v) is 9.02. The van der Waals surface area contributed by atoms with Crippen molar-refractivity contribution >= 4 is 10.9 Å². The molecule has 0 fully saturated rings. The minimum Gasteiger partial charge on any atom is -0.497 e. The molecule has 2 aromatic heterocycles. The van der Waals surface area contributed by atoms with E-state index in [1.807, 2.05) is 12.3 Å². The van der Waals surface area contributed by atoms with Gasteiger partial charge < -0.3 is 14.6 Å². The molecule has 0 bridgehead atoms. The van der Waals surface area contributed by atoms with Gasteiger partial charge in [-0.3, -0.25) is 4.98 Å².